The number of aromatic nitrogens is 7. The molecule has 1 amide bonds. The van der Waals surface area contributed by atoms with Gasteiger partial charge in [0.2, 0.25) is 5.95 Å². The maximum absolute atomic E-state index is 15.3. The van der Waals surface area contributed by atoms with Gasteiger partial charge in [0.05, 0.1) is 29.3 Å². The van der Waals surface area contributed by atoms with Crippen molar-refractivity contribution in [1.82, 2.24) is 34.5 Å². The number of carbonyl (C=O) groups excluding carboxylic acids is 1. The van der Waals surface area contributed by atoms with Crippen LogP contribution in [0, 0.1) is 17.7 Å². The van der Waals surface area contributed by atoms with Gasteiger partial charge in [0.1, 0.15) is 17.3 Å². The summed E-state index contributed by atoms with van der Waals surface area (Å²) in [7, 11) is 0. The normalized spacial score (nSPS) is 17.5. The van der Waals surface area contributed by atoms with Crippen molar-refractivity contribution in [1.29, 1.82) is 0 Å². The molecule has 42 heavy (non-hydrogen) atoms. The highest BCUT2D eigenvalue weighted by Gasteiger charge is 2.36. The Morgan fingerprint density at radius 2 is 1.90 bits per heavy atom. The Labute approximate surface area is 245 Å². The van der Waals surface area contributed by atoms with Crippen molar-refractivity contribution >= 4 is 34.8 Å². The fraction of sp³-hybridized carbons (Fsp3) is 0.185. The first-order valence-corrected chi connectivity index (χ1v) is 13.4. The number of H-pyrrole nitrogens is 1. The highest BCUT2D eigenvalue weighted by atomic mass is 35.5. The summed E-state index contributed by atoms with van der Waals surface area (Å²) in [5.41, 5.74) is 0.870. The molecule has 212 valence electrons. The van der Waals surface area contributed by atoms with E-state index < -0.39 is 29.3 Å². The van der Waals surface area contributed by atoms with E-state index in [4.69, 9.17) is 32.9 Å². The summed E-state index contributed by atoms with van der Waals surface area (Å²) in [5, 5.41) is 10.9. The maximum Gasteiger partial charge on any atom is 0.262 e. The molecule has 0 aliphatic carbocycles. The minimum atomic E-state index is -0.947. The van der Waals surface area contributed by atoms with E-state index in [1.54, 1.807) is 18.2 Å². The minimum absolute atomic E-state index is 0.130. The zero-order valence-electron chi connectivity index (χ0n) is 21.5. The van der Waals surface area contributed by atoms with Crippen molar-refractivity contribution in [2.75, 3.05) is 11.9 Å². The van der Waals surface area contributed by atoms with Crippen LogP contribution < -0.4 is 15.6 Å². The molecule has 0 fully saturated rings. The Hall–Kier alpha value is -4.62. The van der Waals surface area contributed by atoms with Crippen molar-refractivity contribution in [3.8, 4) is 34.0 Å². The Morgan fingerprint density at radius 1 is 1.07 bits per heavy atom. The molecule has 0 bridgehead atoms. The third-order valence-electron chi connectivity index (χ3n) is 7.24. The molecule has 0 unspecified atom stereocenters. The van der Waals surface area contributed by atoms with E-state index in [2.05, 4.69) is 25.6 Å². The lowest BCUT2D eigenvalue weighted by atomic mass is 10.0. The number of aromatic amines is 1. The summed E-state index contributed by atoms with van der Waals surface area (Å²) < 4.78 is 38.7. The Bertz CT molecular complexity index is 1990. The molecule has 11 nitrogen and oxygen atoms in total. The smallest absolute Gasteiger partial charge is 0.262 e. The number of amides is 1. The molecule has 2 aliphatic heterocycles. The van der Waals surface area contributed by atoms with Crippen LogP contribution in [-0.2, 0) is 11.2 Å². The van der Waals surface area contributed by atoms with Crippen molar-refractivity contribution in [3.05, 3.63) is 86.5 Å². The van der Waals surface area contributed by atoms with E-state index in [1.807, 2.05) is 6.92 Å². The van der Waals surface area contributed by atoms with Gasteiger partial charge in [0.25, 0.3) is 11.5 Å². The van der Waals surface area contributed by atoms with Crippen LogP contribution in [0.1, 0.15) is 24.6 Å². The van der Waals surface area contributed by atoms with Gasteiger partial charge in [-0.2, -0.15) is 4.39 Å². The lowest BCUT2D eigenvalue weighted by molar-refractivity contribution is -0.118. The molecule has 2 N–H and O–H groups in total. The standard InChI is InChI=1S/C27H18Cl2F2N8O3/c1-11-6-19-32-16(14-7-12(28)2-5-17(14)38-9-18(29)36-37-38)8-21(41)39(19)24(11)27-34-23(26(31)35-27)13-3-4-15-25(22(13)30)42-10-20(40)33-15/h2-5,7-9,11,24H,6,10H2,1H3,(H,33,40)(H,34,35)/t11-,24-/m0/s1. The average molecular weight is 611 g/mol. The van der Waals surface area contributed by atoms with Crippen LogP contribution in [0.15, 0.2) is 47.4 Å². The predicted octanol–water partition coefficient (Wildman–Crippen LogP) is 4.58. The van der Waals surface area contributed by atoms with E-state index in [-0.39, 0.29) is 46.2 Å². The monoisotopic (exact) mass is 610 g/mol. The van der Waals surface area contributed by atoms with Crippen molar-refractivity contribution in [3.63, 3.8) is 0 Å². The maximum atomic E-state index is 15.3. The van der Waals surface area contributed by atoms with Gasteiger partial charge >= 0.3 is 0 Å². The summed E-state index contributed by atoms with van der Waals surface area (Å²) in [4.78, 5) is 36.8. The molecule has 3 aromatic heterocycles. The molecule has 2 aliphatic rings. The van der Waals surface area contributed by atoms with Crippen molar-refractivity contribution in [2.45, 2.75) is 19.4 Å². The van der Waals surface area contributed by atoms with Gasteiger partial charge in [-0.05, 0) is 36.2 Å². The number of rotatable bonds is 4. The molecule has 2 atom stereocenters. The average Bonchev–Trinajstić information content (AvgIpc) is 3.64. The molecule has 5 heterocycles. The minimum Gasteiger partial charge on any atom is -0.478 e. The van der Waals surface area contributed by atoms with E-state index in [0.29, 0.717) is 34.2 Å². The lowest BCUT2D eigenvalue weighted by Crippen LogP contribution is -2.26. The second kappa shape index (κ2) is 9.74. The number of fused-ring (bicyclic) bond motifs is 2. The number of imidazole rings is 1. The topological polar surface area (TPSA) is 133 Å². The van der Waals surface area contributed by atoms with Crippen molar-refractivity contribution in [2.24, 2.45) is 5.92 Å². The van der Waals surface area contributed by atoms with Crippen LogP contribution in [0.4, 0.5) is 14.5 Å². The largest absolute Gasteiger partial charge is 0.478 e. The molecule has 0 radical (unpaired) electrons. The van der Waals surface area contributed by atoms with Gasteiger partial charge in [0.15, 0.2) is 23.3 Å². The summed E-state index contributed by atoms with van der Waals surface area (Å²) in [5.74, 6) is -2.02. The number of nitrogens with one attached hydrogen (secondary N) is 2. The summed E-state index contributed by atoms with van der Waals surface area (Å²) in [6.45, 7) is 1.53. The summed E-state index contributed by atoms with van der Waals surface area (Å²) in [6, 6.07) is 8.46. The molecule has 7 rings (SSSR count). The summed E-state index contributed by atoms with van der Waals surface area (Å²) >= 11 is 12.2. The number of carbonyl (C=O) groups is 1. The number of halogens is 4. The van der Waals surface area contributed by atoms with Gasteiger partial charge in [-0.25, -0.2) is 19.0 Å². The first-order chi connectivity index (χ1) is 20.2. The van der Waals surface area contributed by atoms with Gasteiger partial charge in [0, 0.05) is 28.6 Å². The number of anilines is 1. The van der Waals surface area contributed by atoms with Gasteiger partial charge in [-0.15, -0.1) is 5.10 Å². The Morgan fingerprint density at radius 3 is 2.69 bits per heavy atom. The number of nitrogens with zero attached hydrogens (tertiary/aromatic N) is 6. The molecule has 2 aromatic carbocycles. The first kappa shape index (κ1) is 26.3. The first-order valence-electron chi connectivity index (χ1n) is 12.7. The third-order valence-corrected chi connectivity index (χ3v) is 7.65. The zero-order valence-corrected chi connectivity index (χ0v) is 23.0. The predicted molar refractivity (Wildman–Crippen MR) is 148 cm³/mol. The molecular formula is C27H18Cl2F2N8O3. The van der Waals surface area contributed by atoms with Crippen LogP contribution >= 0.6 is 23.2 Å². The SMILES string of the molecule is C[C@H]1Cc2nc(-c3cc(Cl)ccc3-n3cc(Cl)nn3)cc(=O)n2[C@@H]1c1nc(F)c(-c2ccc3c(c2F)OCC(=O)N3)[nH]1. The van der Waals surface area contributed by atoms with Crippen LogP contribution in [0.5, 0.6) is 5.75 Å². The number of ether oxygens (including phenoxy) is 1. The van der Waals surface area contributed by atoms with Crippen LogP contribution in [0.3, 0.4) is 0 Å². The van der Waals surface area contributed by atoms with E-state index in [1.165, 1.54) is 33.6 Å². The third kappa shape index (κ3) is 4.23. The van der Waals surface area contributed by atoms with Gasteiger partial charge in [-0.1, -0.05) is 35.3 Å². The van der Waals surface area contributed by atoms with Crippen LogP contribution in [0.25, 0.3) is 28.2 Å². The van der Waals surface area contributed by atoms with E-state index in [0.717, 1.165) is 0 Å². The highest BCUT2D eigenvalue weighted by molar-refractivity contribution is 6.31. The second-order valence-corrected chi connectivity index (χ2v) is 10.8. The Kier molecular flexibility index (Phi) is 6.10. The van der Waals surface area contributed by atoms with Gasteiger partial charge in [-0.3, -0.25) is 14.2 Å². The fourth-order valence-electron chi connectivity index (χ4n) is 5.44. The van der Waals surface area contributed by atoms with E-state index >= 15 is 8.78 Å². The van der Waals surface area contributed by atoms with Crippen LogP contribution in [-0.4, -0.2) is 47.0 Å². The number of benzene rings is 2. The molecule has 0 saturated carbocycles. The van der Waals surface area contributed by atoms with Crippen molar-refractivity contribution < 1.29 is 18.3 Å². The number of hydrogen-bond acceptors (Lipinski definition) is 7. The number of hydrogen-bond donors (Lipinski definition) is 2. The fourth-order valence-corrected chi connectivity index (χ4v) is 5.74. The summed E-state index contributed by atoms with van der Waals surface area (Å²) in [6.07, 6.45) is 1.90. The quantitative estimate of drug-likeness (QED) is 0.304. The molecule has 0 saturated heterocycles. The molecular weight excluding hydrogens is 593 g/mol. The Balaban J connectivity index is 1.29. The van der Waals surface area contributed by atoms with Crippen LogP contribution in [0.2, 0.25) is 10.2 Å². The lowest BCUT2D eigenvalue weighted by Gasteiger charge is -2.19. The van der Waals surface area contributed by atoms with E-state index in [9.17, 15) is 9.59 Å². The molecule has 5 aromatic rings. The zero-order chi connectivity index (χ0) is 29.3. The molecule has 15 heteroatoms. The molecule has 0 spiro atoms. The second-order valence-electron chi connectivity index (χ2n) is 9.97. The van der Waals surface area contributed by atoms with Gasteiger partial charge < -0.3 is 15.0 Å². The highest BCUT2D eigenvalue weighted by Crippen LogP contribution is 2.40.